The molecule has 1 atom stereocenters. The van der Waals surface area contributed by atoms with Gasteiger partial charge in [-0.05, 0) is 27.2 Å². The van der Waals surface area contributed by atoms with Gasteiger partial charge < -0.3 is 4.74 Å². The lowest BCUT2D eigenvalue weighted by Gasteiger charge is -2.27. The van der Waals surface area contributed by atoms with Crippen LogP contribution in [0.5, 0.6) is 0 Å². The van der Waals surface area contributed by atoms with Crippen LogP contribution >= 0.6 is 0 Å². The molecule has 1 fully saturated rings. The Bertz CT molecular complexity index is 294. The molecule has 4 heteroatoms. The molecule has 0 saturated carbocycles. The van der Waals surface area contributed by atoms with Gasteiger partial charge in [-0.3, -0.25) is 9.69 Å². The number of carbonyl (C=O) groups excluding carboxylic acids is 2. The minimum Gasteiger partial charge on any atom is -0.444 e. The number of hydrogen-bond donors (Lipinski definition) is 0. The van der Waals surface area contributed by atoms with Crippen molar-refractivity contribution in [3.63, 3.8) is 0 Å². The van der Waals surface area contributed by atoms with Gasteiger partial charge in [0.2, 0.25) is 0 Å². The molecule has 4 nitrogen and oxygen atoms in total. The first-order valence-corrected chi connectivity index (χ1v) is 6.35. The summed E-state index contributed by atoms with van der Waals surface area (Å²) < 4.78 is 5.31. The fourth-order valence-electron chi connectivity index (χ4n) is 1.99. The molecule has 0 aromatic rings. The van der Waals surface area contributed by atoms with Gasteiger partial charge in [0.15, 0.2) is 5.78 Å². The fraction of sp³-hybridized carbons (Fsp3) is 0.846. The van der Waals surface area contributed by atoms with Gasteiger partial charge >= 0.3 is 6.09 Å². The smallest absolute Gasteiger partial charge is 0.410 e. The maximum Gasteiger partial charge on any atom is 0.410 e. The van der Waals surface area contributed by atoms with Crippen molar-refractivity contribution < 1.29 is 14.3 Å². The van der Waals surface area contributed by atoms with Crippen LogP contribution in [0.1, 0.15) is 53.4 Å². The van der Waals surface area contributed by atoms with E-state index < -0.39 is 5.60 Å². The summed E-state index contributed by atoms with van der Waals surface area (Å²) in [6.45, 7) is 7.83. The molecule has 98 valence electrons. The standard InChI is InChI=1S/C13H23NO3/c1-5-6-7-10-8-11(15)9-14(10)12(16)17-13(2,3)4/h10H,5-9H2,1-4H3/t10-/m1/s1. The Hall–Kier alpha value is -1.06. The van der Waals surface area contributed by atoms with E-state index in [2.05, 4.69) is 6.92 Å². The molecule has 1 heterocycles. The van der Waals surface area contributed by atoms with Crippen molar-refractivity contribution in [2.24, 2.45) is 0 Å². The molecule has 1 amide bonds. The summed E-state index contributed by atoms with van der Waals surface area (Å²) in [7, 11) is 0. The molecule has 0 spiro atoms. The Balaban J connectivity index is 2.60. The van der Waals surface area contributed by atoms with Crippen molar-refractivity contribution in [1.29, 1.82) is 0 Å². The van der Waals surface area contributed by atoms with Crippen molar-refractivity contribution in [2.75, 3.05) is 6.54 Å². The monoisotopic (exact) mass is 241 g/mol. The maximum absolute atomic E-state index is 11.9. The van der Waals surface area contributed by atoms with Gasteiger partial charge in [0.25, 0.3) is 0 Å². The lowest BCUT2D eigenvalue weighted by Crippen LogP contribution is -2.40. The van der Waals surface area contributed by atoms with E-state index in [1.165, 1.54) is 0 Å². The number of hydrogen-bond acceptors (Lipinski definition) is 3. The lowest BCUT2D eigenvalue weighted by atomic mass is 10.1. The highest BCUT2D eigenvalue weighted by molar-refractivity contribution is 5.88. The molecule has 0 aliphatic carbocycles. The van der Waals surface area contributed by atoms with E-state index in [0.717, 1.165) is 19.3 Å². The number of likely N-dealkylation sites (tertiary alicyclic amines) is 1. The predicted molar refractivity (Wildman–Crippen MR) is 65.9 cm³/mol. The van der Waals surface area contributed by atoms with Crippen LogP contribution in [-0.4, -0.2) is 35.0 Å². The normalized spacial score (nSPS) is 20.8. The first-order chi connectivity index (χ1) is 7.83. The molecule has 0 unspecified atom stereocenters. The maximum atomic E-state index is 11.9. The molecule has 0 radical (unpaired) electrons. The van der Waals surface area contributed by atoms with Gasteiger partial charge in [-0.2, -0.15) is 0 Å². The summed E-state index contributed by atoms with van der Waals surface area (Å²) in [5, 5.41) is 0. The van der Waals surface area contributed by atoms with Crippen molar-refractivity contribution in [3.05, 3.63) is 0 Å². The second kappa shape index (κ2) is 5.52. The van der Waals surface area contributed by atoms with Crippen LogP contribution in [0.25, 0.3) is 0 Å². The molecule has 1 saturated heterocycles. The first kappa shape index (κ1) is 14.0. The second-order valence-corrected chi connectivity index (χ2v) is 5.65. The van der Waals surface area contributed by atoms with Gasteiger partial charge in [0.05, 0.1) is 6.54 Å². The third-order valence-corrected chi connectivity index (χ3v) is 2.77. The van der Waals surface area contributed by atoms with Crippen molar-refractivity contribution in [1.82, 2.24) is 4.90 Å². The summed E-state index contributed by atoms with van der Waals surface area (Å²) in [4.78, 5) is 25.0. The van der Waals surface area contributed by atoms with E-state index in [0.29, 0.717) is 6.42 Å². The minimum atomic E-state index is -0.502. The molecular weight excluding hydrogens is 218 g/mol. The van der Waals surface area contributed by atoms with Gasteiger partial charge in [-0.25, -0.2) is 4.79 Å². The number of nitrogens with zero attached hydrogens (tertiary/aromatic N) is 1. The minimum absolute atomic E-state index is 0.0392. The predicted octanol–water partition coefficient (Wildman–Crippen LogP) is 2.76. The number of amides is 1. The van der Waals surface area contributed by atoms with Gasteiger partial charge in [-0.1, -0.05) is 19.8 Å². The molecule has 1 aliphatic rings. The summed E-state index contributed by atoms with van der Waals surface area (Å²) in [6, 6.07) is 0.0392. The highest BCUT2D eigenvalue weighted by Gasteiger charge is 2.35. The largest absolute Gasteiger partial charge is 0.444 e. The van der Waals surface area contributed by atoms with Crippen LogP contribution in [0.4, 0.5) is 4.79 Å². The van der Waals surface area contributed by atoms with Crippen molar-refractivity contribution in [3.8, 4) is 0 Å². The third-order valence-electron chi connectivity index (χ3n) is 2.77. The van der Waals surface area contributed by atoms with Crippen LogP contribution in [-0.2, 0) is 9.53 Å². The average molecular weight is 241 g/mol. The first-order valence-electron chi connectivity index (χ1n) is 6.35. The van der Waals surface area contributed by atoms with Gasteiger partial charge in [0.1, 0.15) is 5.60 Å². The molecule has 17 heavy (non-hydrogen) atoms. The zero-order chi connectivity index (χ0) is 13.1. The van der Waals surface area contributed by atoms with Crippen LogP contribution in [0.2, 0.25) is 0 Å². The summed E-state index contributed by atoms with van der Waals surface area (Å²) in [6.07, 6.45) is 3.13. The van der Waals surface area contributed by atoms with Crippen LogP contribution < -0.4 is 0 Å². The lowest BCUT2D eigenvalue weighted by molar-refractivity contribution is -0.117. The number of carbonyl (C=O) groups is 2. The van der Waals surface area contributed by atoms with E-state index in [-0.39, 0.29) is 24.5 Å². The molecule has 1 rings (SSSR count). The molecular formula is C13H23NO3. The van der Waals surface area contributed by atoms with E-state index >= 15 is 0 Å². The van der Waals surface area contributed by atoms with Gasteiger partial charge in [0, 0.05) is 12.5 Å². The number of unbranched alkanes of at least 4 members (excludes halogenated alkanes) is 1. The summed E-state index contributed by atoms with van der Waals surface area (Å²) in [5.74, 6) is 0.136. The molecule has 0 N–H and O–H groups in total. The summed E-state index contributed by atoms with van der Waals surface area (Å²) in [5.41, 5.74) is -0.502. The Morgan fingerprint density at radius 2 is 2.12 bits per heavy atom. The molecule has 0 aromatic heterocycles. The summed E-state index contributed by atoms with van der Waals surface area (Å²) >= 11 is 0. The highest BCUT2D eigenvalue weighted by Crippen LogP contribution is 2.22. The van der Waals surface area contributed by atoms with Crippen LogP contribution in [0.15, 0.2) is 0 Å². The fourth-order valence-corrected chi connectivity index (χ4v) is 1.99. The van der Waals surface area contributed by atoms with Crippen LogP contribution in [0.3, 0.4) is 0 Å². The number of ketones is 1. The van der Waals surface area contributed by atoms with Gasteiger partial charge in [-0.15, -0.1) is 0 Å². The Labute approximate surface area is 103 Å². The zero-order valence-electron chi connectivity index (χ0n) is 11.3. The second-order valence-electron chi connectivity index (χ2n) is 5.65. The highest BCUT2D eigenvalue weighted by atomic mass is 16.6. The molecule has 0 aromatic carbocycles. The topological polar surface area (TPSA) is 46.6 Å². The van der Waals surface area contributed by atoms with Crippen molar-refractivity contribution in [2.45, 2.75) is 65.0 Å². The van der Waals surface area contributed by atoms with E-state index in [9.17, 15) is 9.59 Å². The van der Waals surface area contributed by atoms with E-state index in [1.54, 1.807) is 4.90 Å². The van der Waals surface area contributed by atoms with Crippen LogP contribution in [0, 0.1) is 0 Å². The van der Waals surface area contributed by atoms with Crippen molar-refractivity contribution >= 4 is 11.9 Å². The SMILES string of the molecule is CCCC[C@@H]1CC(=O)CN1C(=O)OC(C)(C)C. The molecule has 1 aliphatic heterocycles. The Morgan fingerprint density at radius 3 is 2.65 bits per heavy atom. The Morgan fingerprint density at radius 1 is 1.47 bits per heavy atom. The number of rotatable bonds is 3. The average Bonchev–Trinajstić information content (AvgIpc) is 2.54. The number of Topliss-reactive ketones (excluding diaryl/α,β-unsaturated/α-hetero) is 1. The third kappa shape index (κ3) is 4.36. The quantitative estimate of drug-likeness (QED) is 0.763. The molecule has 0 bridgehead atoms. The zero-order valence-corrected chi connectivity index (χ0v) is 11.3. The van der Waals surface area contributed by atoms with E-state index in [1.807, 2.05) is 20.8 Å². The number of ether oxygens (including phenoxy) is 1. The Kier molecular flexibility index (Phi) is 4.54. The van der Waals surface area contributed by atoms with E-state index in [4.69, 9.17) is 4.74 Å².